The topological polar surface area (TPSA) is 20.3 Å². The summed E-state index contributed by atoms with van der Waals surface area (Å²) in [6, 6.07) is 0. The van der Waals surface area contributed by atoms with Gasteiger partial charge in [0.15, 0.2) is 0 Å². The van der Waals surface area contributed by atoms with Gasteiger partial charge in [-0.15, -0.1) is 0 Å². The van der Waals surface area contributed by atoms with Gasteiger partial charge in [-0.2, -0.15) is 12.6 Å². The summed E-state index contributed by atoms with van der Waals surface area (Å²) < 4.78 is 0. The average Bonchev–Trinajstić information content (AvgIpc) is 2.09. The molecule has 3 heteroatoms. The lowest BCUT2D eigenvalue weighted by atomic mass is 10.1. The molecular formula is C9H15NOS. The fourth-order valence-corrected chi connectivity index (χ4v) is 1.48. The highest BCUT2D eigenvalue weighted by Gasteiger charge is 2.15. The Morgan fingerprint density at radius 3 is 2.92 bits per heavy atom. The summed E-state index contributed by atoms with van der Waals surface area (Å²) in [6.45, 7) is 1.69. The molecule has 1 aliphatic rings. The lowest BCUT2D eigenvalue weighted by Gasteiger charge is -2.25. The first-order valence-corrected chi connectivity index (χ1v) is 5.01. The molecular weight excluding hydrogens is 170 g/mol. The molecule has 0 aromatic heterocycles. The van der Waals surface area contributed by atoms with Crippen LogP contribution in [0, 0.1) is 0 Å². The number of carbonyl (C=O) groups excluding carboxylic acids is 1. The number of amides is 1. The Hall–Kier alpha value is -0.440. The number of nitrogens with zero attached hydrogens (tertiary/aromatic N) is 1. The second-order valence-electron chi connectivity index (χ2n) is 2.95. The molecule has 1 fully saturated rings. The third-order valence-electron chi connectivity index (χ3n) is 2.02. The molecule has 1 rings (SSSR count). The van der Waals surface area contributed by atoms with Gasteiger partial charge in [0.2, 0.25) is 5.91 Å². The molecule has 12 heavy (non-hydrogen) atoms. The van der Waals surface area contributed by atoms with E-state index in [-0.39, 0.29) is 0 Å². The van der Waals surface area contributed by atoms with Crippen LogP contribution in [0.15, 0.2) is 12.2 Å². The van der Waals surface area contributed by atoms with Crippen molar-refractivity contribution in [3.63, 3.8) is 0 Å². The Balaban J connectivity index is 2.29. The van der Waals surface area contributed by atoms with Crippen molar-refractivity contribution in [3.8, 4) is 0 Å². The van der Waals surface area contributed by atoms with Crippen LogP contribution in [-0.2, 0) is 4.79 Å². The summed E-state index contributed by atoms with van der Waals surface area (Å²) in [6.07, 6.45) is 6.93. The van der Waals surface area contributed by atoms with E-state index in [0.29, 0.717) is 5.91 Å². The van der Waals surface area contributed by atoms with Crippen LogP contribution in [0.25, 0.3) is 0 Å². The first-order valence-electron chi connectivity index (χ1n) is 4.38. The largest absolute Gasteiger partial charge is 0.339 e. The summed E-state index contributed by atoms with van der Waals surface area (Å²) in [5, 5.41) is 0. The standard InChI is InChI=1S/C9H15NOS/c11-9-5-1-2-6-10(9)7-3-4-8-12/h3-4,12H,1-2,5-8H2. The van der Waals surface area contributed by atoms with Crippen molar-refractivity contribution in [2.45, 2.75) is 19.3 Å². The number of hydrogen-bond donors (Lipinski definition) is 1. The van der Waals surface area contributed by atoms with Crippen LogP contribution in [0.1, 0.15) is 19.3 Å². The van der Waals surface area contributed by atoms with Gasteiger partial charge in [0, 0.05) is 25.3 Å². The second-order valence-corrected chi connectivity index (χ2v) is 3.32. The van der Waals surface area contributed by atoms with Crippen LogP contribution in [0.3, 0.4) is 0 Å². The Morgan fingerprint density at radius 1 is 1.42 bits per heavy atom. The molecule has 1 amide bonds. The molecule has 2 nitrogen and oxygen atoms in total. The lowest BCUT2D eigenvalue weighted by Crippen LogP contribution is -2.35. The van der Waals surface area contributed by atoms with E-state index >= 15 is 0 Å². The third-order valence-corrected chi connectivity index (χ3v) is 2.23. The van der Waals surface area contributed by atoms with Gasteiger partial charge in [-0.05, 0) is 12.8 Å². The van der Waals surface area contributed by atoms with E-state index in [1.165, 1.54) is 0 Å². The minimum absolute atomic E-state index is 0.296. The van der Waals surface area contributed by atoms with Gasteiger partial charge in [0.1, 0.15) is 0 Å². The maximum Gasteiger partial charge on any atom is 0.222 e. The first kappa shape index (κ1) is 9.65. The zero-order valence-corrected chi connectivity index (χ0v) is 8.09. The fourth-order valence-electron chi connectivity index (χ4n) is 1.33. The van der Waals surface area contributed by atoms with Gasteiger partial charge in [-0.3, -0.25) is 4.79 Å². The van der Waals surface area contributed by atoms with Gasteiger partial charge in [-0.1, -0.05) is 12.2 Å². The van der Waals surface area contributed by atoms with Gasteiger partial charge in [0.25, 0.3) is 0 Å². The predicted molar refractivity (Wildman–Crippen MR) is 53.4 cm³/mol. The van der Waals surface area contributed by atoms with Crippen LogP contribution in [0.5, 0.6) is 0 Å². The van der Waals surface area contributed by atoms with Gasteiger partial charge in [0.05, 0.1) is 0 Å². The zero-order valence-electron chi connectivity index (χ0n) is 7.20. The molecule has 0 N–H and O–H groups in total. The van der Waals surface area contributed by atoms with Gasteiger partial charge < -0.3 is 4.90 Å². The Morgan fingerprint density at radius 2 is 2.25 bits per heavy atom. The summed E-state index contributed by atoms with van der Waals surface area (Å²) in [4.78, 5) is 13.2. The van der Waals surface area contributed by atoms with Gasteiger partial charge in [-0.25, -0.2) is 0 Å². The number of thiol groups is 1. The molecule has 0 aliphatic carbocycles. The second kappa shape index (κ2) is 5.25. The molecule has 0 aromatic rings. The Bertz CT molecular complexity index is 179. The van der Waals surface area contributed by atoms with Crippen LogP contribution >= 0.6 is 12.6 Å². The molecule has 0 saturated carbocycles. The molecule has 0 atom stereocenters. The molecule has 1 aliphatic heterocycles. The fraction of sp³-hybridized carbons (Fsp3) is 0.667. The molecule has 0 unspecified atom stereocenters. The molecule has 1 saturated heterocycles. The van der Waals surface area contributed by atoms with E-state index in [0.717, 1.165) is 38.1 Å². The quantitative estimate of drug-likeness (QED) is 0.521. The normalized spacial score (nSPS) is 19.1. The number of hydrogen-bond acceptors (Lipinski definition) is 2. The Kier molecular flexibility index (Phi) is 4.22. The van der Waals surface area contributed by atoms with Crippen LogP contribution in [0.4, 0.5) is 0 Å². The van der Waals surface area contributed by atoms with E-state index in [1.54, 1.807) is 0 Å². The minimum atomic E-state index is 0.296. The van der Waals surface area contributed by atoms with Crippen LogP contribution in [-0.4, -0.2) is 29.6 Å². The van der Waals surface area contributed by atoms with Crippen molar-refractivity contribution in [3.05, 3.63) is 12.2 Å². The summed E-state index contributed by atoms with van der Waals surface area (Å²) in [5.41, 5.74) is 0. The van der Waals surface area contributed by atoms with Crippen molar-refractivity contribution in [2.24, 2.45) is 0 Å². The molecule has 0 spiro atoms. The maximum absolute atomic E-state index is 11.3. The number of likely N-dealkylation sites (tertiary alicyclic amines) is 1. The van der Waals surface area contributed by atoms with E-state index in [1.807, 2.05) is 17.1 Å². The van der Waals surface area contributed by atoms with E-state index < -0.39 is 0 Å². The average molecular weight is 185 g/mol. The summed E-state index contributed by atoms with van der Waals surface area (Å²) in [5.74, 6) is 1.05. The number of piperidine rings is 1. The predicted octanol–water partition coefficient (Wildman–Crippen LogP) is 1.48. The monoisotopic (exact) mass is 185 g/mol. The van der Waals surface area contributed by atoms with Gasteiger partial charge >= 0.3 is 0 Å². The maximum atomic E-state index is 11.3. The van der Waals surface area contributed by atoms with Crippen molar-refractivity contribution in [1.82, 2.24) is 4.90 Å². The Labute approximate surface area is 79.0 Å². The van der Waals surface area contributed by atoms with E-state index in [2.05, 4.69) is 12.6 Å². The van der Waals surface area contributed by atoms with Crippen LogP contribution in [0.2, 0.25) is 0 Å². The SMILES string of the molecule is O=C1CCCCN1CC=CCS. The third kappa shape index (κ3) is 2.89. The zero-order chi connectivity index (χ0) is 8.81. The van der Waals surface area contributed by atoms with Crippen LogP contribution < -0.4 is 0 Å². The molecule has 68 valence electrons. The summed E-state index contributed by atoms with van der Waals surface area (Å²) >= 11 is 4.05. The smallest absolute Gasteiger partial charge is 0.222 e. The van der Waals surface area contributed by atoms with E-state index in [4.69, 9.17) is 0 Å². The molecule has 0 bridgehead atoms. The highest BCUT2D eigenvalue weighted by molar-refractivity contribution is 7.80. The molecule has 0 radical (unpaired) electrons. The van der Waals surface area contributed by atoms with E-state index in [9.17, 15) is 4.79 Å². The van der Waals surface area contributed by atoms with Crippen molar-refractivity contribution < 1.29 is 4.79 Å². The van der Waals surface area contributed by atoms with Crippen molar-refractivity contribution in [2.75, 3.05) is 18.8 Å². The highest BCUT2D eigenvalue weighted by Crippen LogP contribution is 2.09. The lowest BCUT2D eigenvalue weighted by molar-refractivity contribution is -0.132. The molecule has 0 aromatic carbocycles. The molecule has 1 heterocycles. The highest BCUT2D eigenvalue weighted by atomic mass is 32.1. The summed E-state index contributed by atoms with van der Waals surface area (Å²) in [7, 11) is 0. The van der Waals surface area contributed by atoms with Crippen molar-refractivity contribution in [1.29, 1.82) is 0 Å². The number of carbonyl (C=O) groups is 1. The number of rotatable bonds is 3. The first-order chi connectivity index (χ1) is 5.84. The van der Waals surface area contributed by atoms with Crippen molar-refractivity contribution >= 4 is 18.5 Å². The minimum Gasteiger partial charge on any atom is -0.339 e.